The van der Waals surface area contributed by atoms with Crippen molar-refractivity contribution in [3.05, 3.63) is 57.4 Å². The van der Waals surface area contributed by atoms with Crippen LogP contribution >= 0.6 is 11.6 Å². The van der Waals surface area contributed by atoms with Crippen molar-refractivity contribution in [3.8, 4) is 0 Å². The van der Waals surface area contributed by atoms with Crippen LogP contribution in [0.1, 0.15) is 5.56 Å². The molecule has 1 heterocycles. The summed E-state index contributed by atoms with van der Waals surface area (Å²) in [6, 6.07) is 6.38. The Labute approximate surface area is 96.4 Å². The zero-order valence-electron chi connectivity index (χ0n) is 8.21. The van der Waals surface area contributed by atoms with Crippen molar-refractivity contribution in [1.82, 2.24) is 9.78 Å². The van der Waals surface area contributed by atoms with Gasteiger partial charge >= 0.3 is 0 Å². The maximum atomic E-state index is 10.8. The van der Waals surface area contributed by atoms with Crippen molar-refractivity contribution in [3.63, 3.8) is 0 Å². The molecule has 0 saturated heterocycles. The predicted molar refractivity (Wildman–Crippen MR) is 59.4 cm³/mol. The van der Waals surface area contributed by atoms with Crippen LogP contribution in [0.15, 0.2) is 36.7 Å². The highest BCUT2D eigenvalue weighted by molar-refractivity contribution is 6.31. The minimum absolute atomic E-state index is 0.0167. The van der Waals surface area contributed by atoms with Crippen LogP contribution < -0.4 is 0 Å². The van der Waals surface area contributed by atoms with Crippen LogP contribution in [-0.2, 0) is 6.54 Å². The maximum Gasteiger partial charge on any atom is 0.275 e. The van der Waals surface area contributed by atoms with Gasteiger partial charge in [0.1, 0.15) is 0 Å². The van der Waals surface area contributed by atoms with Crippen LogP contribution in [0.4, 0.5) is 5.69 Å². The second kappa shape index (κ2) is 4.32. The fourth-order valence-corrected chi connectivity index (χ4v) is 1.66. The number of hydrogen-bond acceptors (Lipinski definition) is 3. The zero-order valence-corrected chi connectivity index (χ0v) is 8.96. The standard InChI is InChI=1S/C10H8ClN3O2/c11-9-3-1-4-10(14(15)16)8(9)7-13-6-2-5-12-13/h1-6H,7H2. The first kappa shape index (κ1) is 10.6. The van der Waals surface area contributed by atoms with E-state index in [0.29, 0.717) is 17.1 Å². The van der Waals surface area contributed by atoms with Gasteiger partial charge in [-0.1, -0.05) is 17.7 Å². The average Bonchev–Trinajstić information content (AvgIpc) is 2.73. The molecule has 82 valence electrons. The molecule has 0 fully saturated rings. The summed E-state index contributed by atoms with van der Waals surface area (Å²) in [4.78, 5) is 10.4. The maximum absolute atomic E-state index is 10.8. The predicted octanol–water partition coefficient (Wildman–Crippen LogP) is 2.49. The lowest BCUT2D eigenvalue weighted by atomic mass is 10.2. The molecule has 0 radical (unpaired) electrons. The number of hydrogen-bond donors (Lipinski definition) is 0. The Morgan fingerprint density at radius 1 is 1.44 bits per heavy atom. The fourth-order valence-electron chi connectivity index (χ4n) is 1.43. The van der Waals surface area contributed by atoms with Gasteiger partial charge in [-0.05, 0) is 12.1 Å². The molecule has 0 N–H and O–H groups in total. The van der Waals surface area contributed by atoms with E-state index in [4.69, 9.17) is 11.6 Å². The van der Waals surface area contributed by atoms with E-state index in [1.165, 1.54) is 6.07 Å². The van der Waals surface area contributed by atoms with E-state index in [1.54, 1.807) is 35.3 Å². The van der Waals surface area contributed by atoms with Gasteiger partial charge in [-0.15, -0.1) is 0 Å². The topological polar surface area (TPSA) is 61.0 Å². The van der Waals surface area contributed by atoms with Gasteiger partial charge in [0.05, 0.1) is 22.1 Å². The summed E-state index contributed by atoms with van der Waals surface area (Å²) < 4.78 is 1.59. The summed E-state index contributed by atoms with van der Waals surface area (Å²) in [7, 11) is 0. The quantitative estimate of drug-likeness (QED) is 0.609. The molecular weight excluding hydrogens is 230 g/mol. The number of nitro benzene ring substituents is 1. The third-order valence-electron chi connectivity index (χ3n) is 2.17. The molecule has 0 unspecified atom stereocenters. The number of nitrogens with zero attached hydrogens (tertiary/aromatic N) is 3. The number of aromatic nitrogens is 2. The van der Waals surface area contributed by atoms with Crippen LogP contribution in [0.25, 0.3) is 0 Å². The van der Waals surface area contributed by atoms with E-state index in [2.05, 4.69) is 5.10 Å². The molecule has 6 heteroatoms. The molecule has 0 aliphatic carbocycles. The molecule has 0 bridgehead atoms. The first-order valence-electron chi connectivity index (χ1n) is 4.57. The van der Waals surface area contributed by atoms with E-state index >= 15 is 0 Å². The van der Waals surface area contributed by atoms with Crippen molar-refractivity contribution >= 4 is 17.3 Å². The van der Waals surface area contributed by atoms with Gasteiger partial charge in [0, 0.05) is 18.5 Å². The van der Waals surface area contributed by atoms with Crippen LogP contribution in [0.2, 0.25) is 5.02 Å². The number of benzene rings is 1. The van der Waals surface area contributed by atoms with Crippen LogP contribution in [0.5, 0.6) is 0 Å². The Balaban J connectivity index is 2.42. The normalized spacial score (nSPS) is 10.3. The second-order valence-electron chi connectivity index (χ2n) is 3.20. The van der Waals surface area contributed by atoms with E-state index < -0.39 is 4.92 Å². The van der Waals surface area contributed by atoms with Gasteiger partial charge in [-0.2, -0.15) is 5.10 Å². The molecular formula is C10H8ClN3O2. The third-order valence-corrected chi connectivity index (χ3v) is 2.52. The SMILES string of the molecule is O=[N+]([O-])c1cccc(Cl)c1Cn1cccn1. The lowest BCUT2D eigenvalue weighted by molar-refractivity contribution is -0.385. The second-order valence-corrected chi connectivity index (χ2v) is 3.61. The van der Waals surface area contributed by atoms with Gasteiger partial charge < -0.3 is 0 Å². The highest BCUT2D eigenvalue weighted by Gasteiger charge is 2.16. The van der Waals surface area contributed by atoms with Crippen molar-refractivity contribution in [2.45, 2.75) is 6.54 Å². The highest BCUT2D eigenvalue weighted by Crippen LogP contribution is 2.26. The minimum Gasteiger partial charge on any atom is -0.268 e. The molecule has 0 aliphatic heterocycles. The molecule has 0 amide bonds. The van der Waals surface area contributed by atoms with Crippen molar-refractivity contribution in [2.75, 3.05) is 0 Å². The first-order valence-corrected chi connectivity index (χ1v) is 4.95. The molecule has 1 aromatic heterocycles. The lowest BCUT2D eigenvalue weighted by Crippen LogP contribution is -2.04. The molecule has 2 aromatic rings. The molecule has 2 rings (SSSR count). The van der Waals surface area contributed by atoms with Gasteiger partial charge in [-0.25, -0.2) is 0 Å². The van der Waals surface area contributed by atoms with E-state index in [9.17, 15) is 10.1 Å². The molecule has 5 nitrogen and oxygen atoms in total. The molecule has 0 aliphatic rings. The van der Waals surface area contributed by atoms with Gasteiger partial charge in [0.2, 0.25) is 0 Å². The third kappa shape index (κ3) is 2.04. The average molecular weight is 238 g/mol. The van der Waals surface area contributed by atoms with Crippen LogP contribution in [0, 0.1) is 10.1 Å². The van der Waals surface area contributed by atoms with Crippen molar-refractivity contribution < 1.29 is 4.92 Å². The number of halogens is 1. The molecule has 0 saturated carbocycles. The molecule has 16 heavy (non-hydrogen) atoms. The fraction of sp³-hybridized carbons (Fsp3) is 0.100. The van der Waals surface area contributed by atoms with Crippen LogP contribution in [0.3, 0.4) is 0 Å². The summed E-state index contributed by atoms with van der Waals surface area (Å²) >= 11 is 5.94. The highest BCUT2D eigenvalue weighted by atomic mass is 35.5. The molecule has 0 atom stereocenters. The van der Waals surface area contributed by atoms with E-state index in [0.717, 1.165) is 0 Å². The minimum atomic E-state index is -0.440. The summed E-state index contributed by atoms with van der Waals surface area (Å²) in [5.41, 5.74) is 0.487. The summed E-state index contributed by atoms with van der Waals surface area (Å²) in [6.07, 6.45) is 3.34. The Morgan fingerprint density at radius 3 is 2.88 bits per heavy atom. The van der Waals surface area contributed by atoms with Crippen molar-refractivity contribution in [2.24, 2.45) is 0 Å². The zero-order chi connectivity index (χ0) is 11.5. The lowest BCUT2D eigenvalue weighted by Gasteiger charge is -2.05. The Morgan fingerprint density at radius 2 is 2.25 bits per heavy atom. The summed E-state index contributed by atoms with van der Waals surface area (Å²) in [5.74, 6) is 0. The van der Waals surface area contributed by atoms with Gasteiger partial charge in [0.25, 0.3) is 5.69 Å². The Hall–Kier alpha value is -1.88. The Bertz CT molecular complexity index is 511. The van der Waals surface area contributed by atoms with E-state index in [-0.39, 0.29) is 5.69 Å². The number of nitro groups is 1. The summed E-state index contributed by atoms with van der Waals surface area (Å²) in [5, 5.41) is 15.2. The molecule has 1 aromatic carbocycles. The largest absolute Gasteiger partial charge is 0.275 e. The smallest absolute Gasteiger partial charge is 0.268 e. The van der Waals surface area contributed by atoms with Crippen molar-refractivity contribution in [1.29, 1.82) is 0 Å². The number of rotatable bonds is 3. The van der Waals surface area contributed by atoms with Gasteiger partial charge in [-0.3, -0.25) is 14.8 Å². The monoisotopic (exact) mass is 237 g/mol. The molecule has 0 spiro atoms. The Kier molecular flexibility index (Phi) is 2.87. The van der Waals surface area contributed by atoms with Gasteiger partial charge in [0.15, 0.2) is 0 Å². The van der Waals surface area contributed by atoms with Crippen LogP contribution in [-0.4, -0.2) is 14.7 Å². The first-order chi connectivity index (χ1) is 7.68. The van der Waals surface area contributed by atoms with E-state index in [1.807, 2.05) is 0 Å². The summed E-state index contributed by atoms with van der Waals surface area (Å²) in [6.45, 7) is 0.295.